The standard InChI is InChI=1S/C18H27N5O/c1-13-12-15-16(19-13)20-18(22-8-4-5-9-22)21-17(15)23-10-3-2-6-14(23)7-11-24/h12,14,24H,2-11H2,1H3,(H,19,20,21). The summed E-state index contributed by atoms with van der Waals surface area (Å²) in [6.07, 6.45) is 6.81. The molecule has 2 saturated heterocycles. The molecular weight excluding hydrogens is 302 g/mol. The molecule has 0 bridgehead atoms. The number of hydrogen-bond acceptors (Lipinski definition) is 5. The van der Waals surface area contributed by atoms with E-state index in [1.54, 1.807) is 0 Å². The van der Waals surface area contributed by atoms with Crippen LogP contribution in [0.25, 0.3) is 11.0 Å². The molecule has 0 saturated carbocycles. The van der Waals surface area contributed by atoms with Crippen LogP contribution in [0.2, 0.25) is 0 Å². The van der Waals surface area contributed by atoms with Gasteiger partial charge in [0.15, 0.2) is 0 Å². The number of piperidine rings is 1. The van der Waals surface area contributed by atoms with Crippen molar-refractivity contribution in [1.82, 2.24) is 15.0 Å². The van der Waals surface area contributed by atoms with Gasteiger partial charge in [0.1, 0.15) is 11.5 Å². The first kappa shape index (κ1) is 15.7. The van der Waals surface area contributed by atoms with Gasteiger partial charge in [-0.15, -0.1) is 0 Å². The Balaban J connectivity index is 1.79. The van der Waals surface area contributed by atoms with Crippen molar-refractivity contribution >= 4 is 22.8 Å². The average molecular weight is 329 g/mol. The third-order valence-electron chi connectivity index (χ3n) is 5.34. The van der Waals surface area contributed by atoms with Crippen LogP contribution >= 0.6 is 0 Å². The highest BCUT2D eigenvalue weighted by molar-refractivity contribution is 5.89. The Morgan fingerprint density at radius 3 is 2.75 bits per heavy atom. The van der Waals surface area contributed by atoms with E-state index < -0.39 is 0 Å². The molecule has 2 aromatic rings. The molecule has 0 radical (unpaired) electrons. The Bertz CT molecular complexity index is 705. The van der Waals surface area contributed by atoms with Crippen LogP contribution in [-0.4, -0.2) is 52.3 Å². The Kier molecular flexibility index (Phi) is 4.31. The summed E-state index contributed by atoms with van der Waals surface area (Å²) in [7, 11) is 0. The molecule has 2 aliphatic heterocycles. The predicted octanol–water partition coefficient (Wildman–Crippen LogP) is 2.61. The van der Waals surface area contributed by atoms with Gasteiger partial charge in [0.2, 0.25) is 5.95 Å². The summed E-state index contributed by atoms with van der Waals surface area (Å²) in [5, 5.41) is 10.6. The van der Waals surface area contributed by atoms with Crippen LogP contribution < -0.4 is 9.80 Å². The molecule has 2 N–H and O–H groups in total. The number of hydrogen-bond donors (Lipinski definition) is 2. The third kappa shape index (κ3) is 2.83. The van der Waals surface area contributed by atoms with E-state index in [-0.39, 0.29) is 6.61 Å². The quantitative estimate of drug-likeness (QED) is 0.902. The van der Waals surface area contributed by atoms with Crippen molar-refractivity contribution in [3.63, 3.8) is 0 Å². The number of aliphatic hydroxyl groups is 1. The van der Waals surface area contributed by atoms with E-state index in [1.807, 2.05) is 0 Å². The fourth-order valence-electron chi connectivity index (χ4n) is 4.12. The zero-order valence-corrected chi connectivity index (χ0v) is 14.5. The topological polar surface area (TPSA) is 68.3 Å². The smallest absolute Gasteiger partial charge is 0.229 e. The van der Waals surface area contributed by atoms with Crippen LogP contribution in [-0.2, 0) is 0 Å². The minimum absolute atomic E-state index is 0.237. The zero-order chi connectivity index (χ0) is 16.5. The number of fused-ring (bicyclic) bond motifs is 1. The predicted molar refractivity (Wildman–Crippen MR) is 96.8 cm³/mol. The first-order valence-corrected chi connectivity index (χ1v) is 9.26. The van der Waals surface area contributed by atoms with Gasteiger partial charge in [-0.2, -0.15) is 9.97 Å². The van der Waals surface area contributed by atoms with Gasteiger partial charge in [0.05, 0.1) is 5.39 Å². The zero-order valence-electron chi connectivity index (χ0n) is 14.5. The molecule has 2 fully saturated rings. The molecule has 130 valence electrons. The van der Waals surface area contributed by atoms with Crippen LogP contribution in [0.4, 0.5) is 11.8 Å². The number of rotatable bonds is 4. The minimum Gasteiger partial charge on any atom is -0.396 e. The fourth-order valence-corrected chi connectivity index (χ4v) is 4.12. The van der Waals surface area contributed by atoms with E-state index in [9.17, 15) is 5.11 Å². The summed E-state index contributed by atoms with van der Waals surface area (Å²) in [4.78, 5) is 17.9. The van der Waals surface area contributed by atoms with Gasteiger partial charge < -0.3 is 19.9 Å². The molecule has 0 amide bonds. The van der Waals surface area contributed by atoms with Crippen LogP contribution in [0.15, 0.2) is 6.07 Å². The van der Waals surface area contributed by atoms with Crippen molar-refractivity contribution in [3.05, 3.63) is 11.8 Å². The molecule has 6 nitrogen and oxygen atoms in total. The van der Waals surface area contributed by atoms with Gasteiger partial charge in [-0.25, -0.2) is 0 Å². The van der Waals surface area contributed by atoms with Crippen LogP contribution in [0.1, 0.15) is 44.2 Å². The molecule has 4 heterocycles. The van der Waals surface area contributed by atoms with Crippen LogP contribution in [0.3, 0.4) is 0 Å². The lowest BCUT2D eigenvalue weighted by Crippen LogP contribution is -2.41. The summed E-state index contributed by atoms with van der Waals surface area (Å²) in [5.74, 6) is 1.90. The summed E-state index contributed by atoms with van der Waals surface area (Å²) < 4.78 is 0. The molecule has 4 rings (SSSR count). The maximum absolute atomic E-state index is 9.45. The van der Waals surface area contributed by atoms with Crippen LogP contribution in [0.5, 0.6) is 0 Å². The van der Waals surface area contributed by atoms with E-state index >= 15 is 0 Å². The lowest BCUT2D eigenvalue weighted by Gasteiger charge is -2.37. The summed E-state index contributed by atoms with van der Waals surface area (Å²) >= 11 is 0. The van der Waals surface area contributed by atoms with Crippen molar-refractivity contribution in [3.8, 4) is 0 Å². The minimum atomic E-state index is 0.237. The summed E-state index contributed by atoms with van der Waals surface area (Å²) in [6, 6.07) is 2.53. The normalized spacial score (nSPS) is 21.8. The van der Waals surface area contributed by atoms with Crippen molar-refractivity contribution in [2.45, 2.75) is 51.5 Å². The van der Waals surface area contributed by atoms with Gasteiger partial charge in [0, 0.05) is 38.0 Å². The van der Waals surface area contributed by atoms with E-state index in [0.29, 0.717) is 6.04 Å². The molecule has 2 aromatic heterocycles. The van der Waals surface area contributed by atoms with Gasteiger partial charge in [-0.1, -0.05) is 0 Å². The maximum atomic E-state index is 9.45. The SMILES string of the molecule is Cc1cc2c(N3CCCCC3CCO)nc(N3CCCC3)nc2[nH]1. The van der Waals surface area contributed by atoms with Crippen LogP contribution in [0, 0.1) is 6.92 Å². The van der Waals surface area contributed by atoms with Gasteiger partial charge >= 0.3 is 0 Å². The number of nitrogens with zero attached hydrogens (tertiary/aromatic N) is 4. The van der Waals surface area contributed by atoms with E-state index in [2.05, 4.69) is 27.8 Å². The number of nitrogens with one attached hydrogen (secondary N) is 1. The highest BCUT2D eigenvalue weighted by Gasteiger charge is 2.27. The first-order valence-electron chi connectivity index (χ1n) is 9.26. The second-order valence-corrected chi connectivity index (χ2v) is 7.11. The Labute approximate surface area is 142 Å². The number of aromatic nitrogens is 3. The number of aryl methyl sites for hydroxylation is 1. The van der Waals surface area contributed by atoms with Gasteiger partial charge in [0.25, 0.3) is 0 Å². The number of aromatic amines is 1. The molecule has 0 spiro atoms. The second-order valence-electron chi connectivity index (χ2n) is 7.11. The monoisotopic (exact) mass is 329 g/mol. The molecule has 1 atom stereocenters. The second kappa shape index (κ2) is 6.59. The highest BCUT2D eigenvalue weighted by Crippen LogP contribution is 2.33. The molecular formula is C18H27N5O. The summed E-state index contributed by atoms with van der Waals surface area (Å²) in [5.41, 5.74) is 2.06. The highest BCUT2D eigenvalue weighted by atomic mass is 16.3. The molecule has 6 heteroatoms. The van der Waals surface area contributed by atoms with Crippen molar-refractivity contribution < 1.29 is 5.11 Å². The van der Waals surface area contributed by atoms with E-state index in [0.717, 1.165) is 61.0 Å². The third-order valence-corrected chi connectivity index (χ3v) is 5.34. The van der Waals surface area contributed by atoms with Crippen molar-refractivity contribution in [1.29, 1.82) is 0 Å². The van der Waals surface area contributed by atoms with E-state index in [4.69, 9.17) is 9.97 Å². The maximum Gasteiger partial charge on any atom is 0.229 e. The lowest BCUT2D eigenvalue weighted by molar-refractivity contribution is 0.262. The van der Waals surface area contributed by atoms with Crippen molar-refractivity contribution in [2.24, 2.45) is 0 Å². The van der Waals surface area contributed by atoms with Crippen molar-refractivity contribution in [2.75, 3.05) is 36.0 Å². The first-order chi connectivity index (χ1) is 11.8. The largest absolute Gasteiger partial charge is 0.396 e. The molecule has 0 aromatic carbocycles. The lowest BCUT2D eigenvalue weighted by atomic mass is 9.99. The fraction of sp³-hybridized carbons (Fsp3) is 0.667. The number of aliphatic hydroxyl groups excluding tert-OH is 1. The molecule has 1 unspecified atom stereocenters. The average Bonchev–Trinajstić information content (AvgIpc) is 3.23. The number of anilines is 2. The Morgan fingerprint density at radius 2 is 1.96 bits per heavy atom. The summed E-state index contributed by atoms with van der Waals surface area (Å²) in [6.45, 7) is 5.42. The van der Waals surface area contributed by atoms with Gasteiger partial charge in [-0.3, -0.25) is 0 Å². The van der Waals surface area contributed by atoms with Gasteiger partial charge in [-0.05, 0) is 51.5 Å². The molecule has 24 heavy (non-hydrogen) atoms. The molecule has 2 aliphatic rings. The number of H-pyrrole nitrogens is 1. The van der Waals surface area contributed by atoms with E-state index in [1.165, 1.54) is 25.7 Å². The molecule has 0 aliphatic carbocycles. The Hall–Kier alpha value is -1.82. The Morgan fingerprint density at radius 1 is 1.17 bits per heavy atom.